The molecule has 0 rings (SSSR count). The van der Waals surface area contributed by atoms with Gasteiger partial charge >= 0.3 is 16.6 Å². The van der Waals surface area contributed by atoms with Gasteiger partial charge in [0.05, 0.1) is 0 Å². The van der Waals surface area contributed by atoms with Crippen LogP contribution in [0.3, 0.4) is 0 Å². The summed E-state index contributed by atoms with van der Waals surface area (Å²) in [6.07, 6.45) is 12.7. The molecule has 0 aliphatic carbocycles. The Labute approximate surface area is 98.4 Å². The van der Waals surface area contributed by atoms with Crippen LogP contribution >= 0.6 is 0 Å². The topological polar surface area (TPSA) is 9.23 Å². The molecule has 0 aliphatic rings. The number of unbranched alkanes of at least 4 members (excludes halogenated alkanes) is 5. The van der Waals surface area contributed by atoms with E-state index in [-0.39, 0.29) is 0 Å². The lowest BCUT2D eigenvalue weighted by molar-refractivity contribution is 0.190. The lowest BCUT2D eigenvalue weighted by atomic mass is 10.0. The first-order valence-corrected chi connectivity index (χ1v) is 7.19. The summed E-state index contributed by atoms with van der Waals surface area (Å²) in [4.78, 5) is 0. The molecule has 1 unspecified atom stereocenters. The van der Waals surface area contributed by atoms with Crippen molar-refractivity contribution in [1.82, 2.24) is 0 Å². The van der Waals surface area contributed by atoms with E-state index >= 15 is 0 Å². The van der Waals surface area contributed by atoms with Crippen molar-refractivity contribution >= 4 is 16.6 Å². The maximum atomic E-state index is 5.60. The molecular formula is C12H27AlO. The van der Waals surface area contributed by atoms with Crippen molar-refractivity contribution in [2.45, 2.75) is 77.7 Å². The molecule has 0 saturated carbocycles. The number of rotatable bonds is 10. The Bertz CT molecular complexity index is 106. The normalized spacial score (nSPS) is 13.0. The average molecular weight is 214 g/mol. The molecule has 1 atom stereocenters. The maximum absolute atomic E-state index is 5.60. The van der Waals surface area contributed by atoms with Gasteiger partial charge in [-0.1, -0.05) is 58.8 Å². The molecule has 0 aromatic heterocycles. The zero-order valence-electron chi connectivity index (χ0n) is 10.3. The second-order valence-electron chi connectivity index (χ2n) is 4.20. The smallest absolute Gasteiger partial charge is 0.410 e. The molecule has 0 spiro atoms. The second kappa shape index (κ2) is 11.6. The van der Waals surface area contributed by atoms with Crippen LogP contribution in [0.15, 0.2) is 0 Å². The second-order valence-corrected chi connectivity index (χ2v) is 4.67. The van der Waals surface area contributed by atoms with E-state index in [1.165, 1.54) is 57.8 Å². The Hall–Kier alpha value is 0.492. The van der Waals surface area contributed by atoms with Crippen LogP contribution in [0.5, 0.6) is 0 Å². The van der Waals surface area contributed by atoms with Crippen LogP contribution in [0.25, 0.3) is 0 Å². The molecule has 2 heteroatoms. The van der Waals surface area contributed by atoms with E-state index in [1.54, 1.807) is 0 Å². The minimum absolute atomic E-state index is 0.586. The van der Waals surface area contributed by atoms with Crippen LogP contribution in [0.1, 0.15) is 71.6 Å². The standard InChI is InChI=1S/C12H25O.Al.2H/c1-3-5-7-8-9-11-12(13)10-6-4-2;;;/h12H,3-11H2,1-2H3;;;/q-1;+1;;. The van der Waals surface area contributed by atoms with Crippen molar-refractivity contribution in [3.63, 3.8) is 0 Å². The molecule has 1 nitrogen and oxygen atoms in total. The van der Waals surface area contributed by atoms with E-state index in [2.05, 4.69) is 13.8 Å². The Morgan fingerprint density at radius 3 is 2.00 bits per heavy atom. The lowest BCUT2D eigenvalue weighted by Gasteiger charge is -2.16. The van der Waals surface area contributed by atoms with Gasteiger partial charge in [-0.3, -0.25) is 0 Å². The molecule has 0 bridgehead atoms. The average Bonchev–Trinajstić information content (AvgIpc) is 2.22. The summed E-state index contributed by atoms with van der Waals surface area (Å²) in [6.45, 7) is 4.52. The van der Waals surface area contributed by atoms with Crippen molar-refractivity contribution in [3.8, 4) is 0 Å². The highest BCUT2D eigenvalue weighted by molar-refractivity contribution is 5.98. The van der Waals surface area contributed by atoms with Gasteiger partial charge in [0.2, 0.25) is 0 Å². The Morgan fingerprint density at radius 2 is 1.43 bits per heavy atom. The predicted molar refractivity (Wildman–Crippen MR) is 66.3 cm³/mol. The van der Waals surface area contributed by atoms with E-state index in [1.807, 2.05) is 0 Å². The third-order valence-electron chi connectivity index (χ3n) is 2.84. The van der Waals surface area contributed by atoms with Crippen molar-refractivity contribution in [2.75, 3.05) is 0 Å². The number of hydrogen-bond acceptors (Lipinski definition) is 1. The van der Waals surface area contributed by atoms with Crippen LogP contribution in [-0.2, 0) is 3.79 Å². The first-order chi connectivity index (χ1) is 6.85. The van der Waals surface area contributed by atoms with Crippen LogP contribution in [0, 0.1) is 0 Å². The monoisotopic (exact) mass is 214 g/mol. The molecule has 0 aromatic rings. The summed E-state index contributed by atoms with van der Waals surface area (Å²) in [5.41, 5.74) is 0. The molecule has 0 heterocycles. The quantitative estimate of drug-likeness (QED) is 0.399. The van der Waals surface area contributed by atoms with Gasteiger partial charge in [0.1, 0.15) is 0 Å². The molecule has 14 heavy (non-hydrogen) atoms. The van der Waals surface area contributed by atoms with Gasteiger partial charge < -0.3 is 3.79 Å². The highest BCUT2D eigenvalue weighted by Crippen LogP contribution is 2.13. The van der Waals surface area contributed by atoms with Gasteiger partial charge in [0, 0.05) is 6.10 Å². The minimum atomic E-state index is 0.586. The predicted octanol–water partition coefficient (Wildman–Crippen LogP) is 3.47. The molecule has 0 N–H and O–H groups in total. The summed E-state index contributed by atoms with van der Waals surface area (Å²) in [5.74, 6) is 0. The van der Waals surface area contributed by atoms with E-state index in [0.29, 0.717) is 6.10 Å². The molecule has 0 saturated heterocycles. The van der Waals surface area contributed by atoms with E-state index in [4.69, 9.17) is 3.79 Å². The van der Waals surface area contributed by atoms with Crippen molar-refractivity contribution < 1.29 is 3.79 Å². The highest BCUT2D eigenvalue weighted by Gasteiger charge is 2.04. The SMILES string of the molecule is CCCCCCCC(CCCC)[O][AlH2]. The summed E-state index contributed by atoms with van der Waals surface area (Å²) in [6, 6.07) is 0. The van der Waals surface area contributed by atoms with Gasteiger partial charge in [-0.05, 0) is 12.8 Å². The van der Waals surface area contributed by atoms with Crippen molar-refractivity contribution in [1.29, 1.82) is 0 Å². The summed E-state index contributed by atoms with van der Waals surface area (Å²) < 4.78 is 5.60. The van der Waals surface area contributed by atoms with E-state index in [9.17, 15) is 0 Å². The summed E-state index contributed by atoms with van der Waals surface area (Å²) in [5, 5.41) is 0. The molecule has 0 radical (unpaired) electrons. The molecule has 0 amide bonds. The Kier molecular flexibility index (Phi) is 12.0. The fraction of sp³-hybridized carbons (Fsp3) is 1.00. The largest absolute Gasteiger partial charge is 0.504 e. The zero-order valence-corrected chi connectivity index (χ0v) is 12.3. The van der Waals surface area contributed by atoms with Crippen LogP contribution < -0.4 is 0 Å². The van der Waals surface area contributed by atoms with E-state index < -0.39 is 0 Å². The number of hydrogen-bond donors (Lipinski definition) is 0. The van der Waals surface area contributed by atoms with Crippen LogP contribution in [0.4, 0.5) is 0 Å². The molecular weight excluding hydrogens is 187 g/mol. The Balaban J connectivity index is 3.24. The first-order valence-electron chi connectivity index (χ1n) is 6.37. The zero-order chi connectivity index (χ0) is 10.6. The van der Waals surface area contributed by atoms with Gasteiger partial charge in [-0.25, -0.2) is 0 Å². The maximum Gasteiger partial charge on any atom is 0.410 e. The highest BCUT2D eigenvalue weighted by atomic mass is 27.1. The van der Waals surface area contributed by atoms with Crippen LogP contribution in [-0.4, -0.2) is 22.7 Å². The first kappa shape index (κ1) is 14.5. The van der Waals surface area contributed by atoms with Gasteiger partial charge in [0.25, 0.3) is 0 Å². The molecule has 0 aromatic carbocycles. The third-order valence-corrected chi connectivity index (χ3v) is 3.51. The van der Waals surface area contributed by atoms with Gasteiger partial charge in [-0.15, -0.1) is 0 Å². The van der Waals surface area contributed by atoms with Gasteiger partial charge in [-0.2, -0.15) is 0 Å². The fourth-order valence-electron chi connectivity index (χ4n) is 1.79. The molecule has 84 valence electrons. The fourth-order valence-corrected chi connectivity index (χ4v) is 2.26. The van der Waals surface area contributed by atoms with Crippen LogP contribution in [0.2, 0.25) is 0 Å². The molecule has 0 aliphatic heterocycles. The summed E-state index contributed by atoms with van der Waals surface area (Å²) >= 11 is 0.909. The third kappa shape index (κ3) is 9.06. The molecule has 0 fully saturated rings. The lowest BCUT2D eigenvalue weighted by Crippen LogP contribution is -2.10. The van der Waals surface area contributed by atoms with Gasteiger partial charge in [0.15, 0.2) is 0 Å². The van der Waals surface area contributed by atoms with Crippen molar-refractivity contribution in [2.24, 2.45) is 0 Å². The summed E-state index contributed by atoms with van der Waals surface area (Å²) in [7, 11) is 0. The minimum Gasteiger partial charge on any atom is -0.504 e. The van der Waals surface area contributed by atoms with Crippen molar-refractivity contribution in [3.05, 3.63) is 0 Å². The Morgan fingerprint density at radius 1 is 0.857 bits per heavy atom. The van der Waals surface area contributed by atoms with E-state index in [0.717, 1.165) is 16.6 Å².